The molecule has 10 nitrogen and oxygen atoms in total. The summed E-state index contributed by atoms with van der Waals surface area (Å²) in [5.74, 6) is 0. The molecule has 0 amide bonds. The minimum absolute atomic E-state index is 0.0169. The van der Waals surface area contributed by atoms with Crippen molar-refractivity contribution in [2.24, 2.45) is 0 Å². The van der Waals surface area contributed by atoms with Crippen molar-refractivity contribution in [3.05, 3.63) is 33.1 Å². The van der Waals surface area contributed by atoms with E-state index in [1.54, 1.807) is 0 Å². The van der Waals surface area contributed by atoms with Gasteiger partial charge in [0.05, 0.1) is 31.7 Å². The fourth-order valence-electron chi connectivity index (χ4n) is 1.89. The van der Waals surface area contributed by atoms with Crippen LogP contribution in [0.2, 0.25) is 0 Å². The Labute approximate surface area is 146 Å². The van der Waals surface area contributed by atoms with Crippen LogP contribution in [0.3, 0.4) is 0 Å². The molecule has 2 N–H and O–H groups in total. The number of methoxy groups -OCH3 is 1. The Hall–Kier alpha value is -1.53. The summed E-state index contributed by atoms with van der Waals surface area (Å²) in [6.45, 7) is 3.76. The minimum atomic E-state index is -3.42. The lowest BCUT2D eigenvalue weighted by atomic mass is 10.3. The number of ether oxygens (including phenoxy) is 3. The van der Waals surface area contributed by atoms with Crippen LogP contribution in [-0.4, -0.2) is 63.3 Å². The van der Waals surface area contributed by atoms with Crippen molar-refractivity contribution in [1.82, 2.24) is 14.3 Å². The minimum Gasteiger partial charge on any atom is -0.380 e. The number of aromatic amines is 1. The van der Waals surface area contributed by atoms with Gasteiger partial charge in [0.25, 0.3) is 5.56 Å². The number of hydrogen-bond donors (Lipinski definition) is 2. The summed E-state index contributed by atoms with van der Waals surface area (Å²) in [5, 5.41) is 0. The fourth-order valence-corrected chi connectivity index (χ4v) is 2.38. The maximum atomic E-state index is 12.0. The third kappa shape index (κ3) is 8.40. The molecule has 11 heteroatoms. The second-order valence-corrected chi connectivity index (χ2v) is 7.52. The lowest BCUT2D eigenvalue weighted by molar-refractivity contribution is -0.117. The van der Waals surface area contributed by atoms with E-state index in [1.165, 1.54) is 19.4 Å². The van der Waals surface area contributed by atoms with Crippen molar-refractivity contribution < 1.29 is 22.6 Å². The van der Waals surface area contributed by atoms with Crippen LogP contribution in [0.1, 0.15) is 20.1 Å². The second kappa shape index (κ2) is 9.82. The number of rotatable bonds is 11. The van der Waals surface area contributed by atoms with E-state index in [9.17, 15) is 18.0 Å². The molecule has 0 saturated carbocycles. The van der Waals surface area contributed by atoms with E-state index in [1.807, 2.05) is 13.8 Å². The highest BCUT2D eigenvalue weighted by atomic mass is 32.2. The van der Waals surface area contributed by atoms with Gasteiger partial charge in [0.1, 0.15) is 0 Å². The first kappa shape index (κ1) is 21.5. The van der Waals surface area contributed by atoms with Crippen LogP contribution in [0.25, 0.3) is 0 Å². The van der Waals surface area contributed by atoms with Crippen molar-refractivity contribution in [1.29, 1.82) is 0 Å². The van der Waals surface area contributed by atoms with Crippen molar-refractivity contribution in [2.45, 2.75) is 32.3 Å². The van der Waals surface area contributed by atoms with E-state index in [0.717, 1.165) is 10.8 Å². The molecule has 0 saturated heterocycles. The molecule has 0 aliphatic carbocycles. The van der Waals surface area contributed by atoms with Gasteiger partial charge in [-0.25, -0.2) is 17.9 Å². The standard InChI is InChI=1S/C14H25N3O7S/c1-10(2)23-8-11(7-15-25(4,20)21)24-13(9-22-3)17-6-5-12(18)16-14(17)19/h5-6,10-11,13,15H,7-9H2,1-4H3,(H,16,18,19)/t11-,13-/m1/s1. The van der Waals surface area contributed by atoms with E-state index < -0.39 is 33.6 Å². The van der Waals surface area contributed by atoms with Crippen LogP contribution < -0.4 is 16.0 Å². The van der Waals surface area contributed by atoms with E-state index in [2.05, 4.69) is 9.71 Å². The first-order valence-corrected chi connectivity index (χ1v) is 9.53. The van der Waals surface area contributed by atoms with Crippen LogP contribution in [0, 0.1) is 0 Å². The molecule has 1 heterocycles. The molecule has 1 aromatic heterocycles. The SMILES string of the molecule is COC[C@@H](O[C@H](CNS(C)(=O)=O)COC(C)C)n1ccc(=O)[nH]c1=O. The molecule has 0 fully saturated rings. The third-order valence-electron chi connectivity index (χ3n) is 3.01. The number of hydrogen-bond acceptors (Lipinski definition) is 7. The molecule has 0 aromatic carbocycles. The van der Waals surface area contributed by atoms with Crippen molar-refractivity contribution >= 4 is 10.0 Å². The predicted octanol–water partition coefficient (Wildman–Crippen LogP) is -0.959. The molecular formula is C14H25N3O7S. The Morgan fingerprint density at radius 3 is 2.48 bits per heavy atom. The van der Waals surface area contributed by atoms with Gasteiger partial charge in [-0.3, -0.25) is 14.3 Å². The Kier molecular flexibility index (Phi) is 8.45. The Balaban J connectivity index is 2.96. The summed E-state index contributed by atoms with van der Waals surface area (Å²) in [6, 6.07) is 1.18. The molecule has 144 valence electrons. The number of sulfonamides is 1. The number of nitrogens with one attached hydrogen (secondary N) is 2. The second-order valence-electron chi connectivity index (χ2n) is 5.69. The molecule has 1 rings (SSSR count). The third-order valence-corrected chi connectivity index (χ3v) is 3.70. The molecule has 1 aromatic rings. The van der Waals surface area contributed by atoms with E-state index in [-0.39, 0.29) is 25.9 Å². The quantitative estimate of drug-likeness (QED) is 0.507. The van der Waals surface area contributed by atoms with Crippen LogP contribution in [0.15, 0.2) is 21.9 Å². The Morgan fingerprint density at radius 2 is 1.96 bits per heavy atom. The first-order valence-electron chi connectivity index (χ1n) is 7.64. The first-order chi connectivity index (χ1) is 11.6. The fraction of sp³-hybridized carbons (Fsp3) is 0.714. The molecule has 0 radical (unpaired) electrons. The van der Waals surface area contributed by atoms with Gasteiger partial charge in [-0.1, -0.05) is 0 Å². The van der Waals surface area contributed by atoms with Crippen LogP contribution >= 0.6 is 0 Å². The highest BCUT2D eigenvalue weighted by Gasteiger charge is 2.21. The van der Waals surface area contributed by atoms with E-state index >= 15 is 0 Å². The maximum absolute atomic E-state index is 12.0. The molecule has 25 heavy (non-hydrogen) atoms. The van der Waals surface area contributed by atoms with Crippen molar-refractivity contribution in [3.8, 4) is 0 Å². The van der Waals surface area contributed by atoms with Crippen LogP contribution in [0.5, 0.6) is 0 Å². The van der Waals surface area contributed by atoms with Crippen LogP contribution in [0.4, 0.5) is 0 Å². The normalized spacial score (nSPS) is 14.6. The number of H-pyrrole nitrogens is 1. The lowest BCUT2D eigenvalue weighted by Gasteiger charge is -2.26. The van der Waals surface area contributed by atoms with Gasteiger partial charge in [0, 0.05) is 25.9 Å². The number of nitrogens with zero attached hydrogens (tertiary/aromatic N) is 1. The van der Waals surface area contributed by atoms with Gasteiger partial charge in [-0.05, 0) is 13.8 Å². The summed E-state index contributed by atoms with van der Waals surface area (Å²) >= 11 is 0. The molecule has 0 aliphatic rings. The Bertz CT molecular complexity index is 741. The molecular weight excluding hydrogens is 354 g/mol. The molecule has 0 aliphatic heterocycles. The summed E-state index contributed by atoms with van der Waals surface area (Å²) in [5.41, 5.74) is -1.19. The van der Waals surface area contributed by atoms with Gasteiger partial charge in [-0.2, -0.15) is 0 Å². The van der Waals surface area contributed by atoms with E-state index in [4.69, 9.17) is 14.2 Å². The smallest absolute Gasteiger partial charge is 0.330 e. The average molecular weight is 379 g/mol. The zero-order valence-electron chi connectivity index (χ0n) is 14.7. The molecule has 0 spiro atoms. The van der Waals surface area contributed by atoms with Crippen LogP contribution in [-0.2, 0) is 24.2 Å². The highest BCUT2D eigenvalue weighted by Crippen LogP contribution is 2.10. The Morgan fingerprint density at radius 1 is 1.28 bits per heavy atom. The highest BCUT2D eigenvalue weighted by molar-refractivity contribution is 7.88. The zero-order chi connectivity index (χ0) is 19.0. The summed E-state index contributed by atoms with van der Waals surface area (Å²) in [4.78, 5) is 25.3. The number of aromatic nitrogens is 2. The van der Waals surface area contributed by atoms with Crippen molar-refractivity contribution in [2.75, 3.05) is 33.1 Å². The average Bonchev–Trinajstić information content (AvgIpc) is 2.48. The van der Waals surface area contributed by atoms with Gasteiger partial charge in [0.2, 0.25) is 10.0 Å². The van der Waals surface area contributed by atoms with Crippen molar-refractivity contribution in [3.63, 3.8) is 0 Å². The molecule has 0 unspecified atom stereocenters. The van der Waals surface area contributed by atoms with Gasteiger partial charge < -0.3 is 14.2 Å². The topological polar surface area (TPSA) is 129 Å². The maximum Gasteiger partial charge on any atom is 0.330 e. The van der Waals surface area contributed by atoms with Gasteiger partial charge in [-0.15, -0.1) is 0 Å². The molecule has 0 bridgehead atoms. The zero-order valence-corrected chi connectivity index (χ0v) is 15.5. The van der Waals surface area contributed by atoms with Gasteiger partial charge >= 0.3 is 5.69 Å². The largest absolute Gasteiger partial charge is 0.380 e. The van der Waals surface area contributed by atoms with Gasteiger partial charge in [0.15, 0.2) is 6.23 Å². The summed E-state index contributed by atoms with van der Waals surface area (Å²) in [7, 11) is -1.99. The molecule has 2 atom stereocenters. The predicted molar refractivity (Wildman–Crippen MR) is 91.0 cm³/mol. The monoisotopic (exact) mass is 379 g/mol. The summed E-state index contributed by atoms with van der Waals surface area (Å²) in [6.07, 6.45) is 0.704. The lowest BCUT2D eigenvalue weighted by Crippen LogP contribution is -2.41. The summed E-state index contributed by atoms with van der Waals surface area (Å²) < 4.78 is 42.5. The van der Waals surface area contributed by atoms with E-state index in [0.29, 0.717) is 0 Å².